The largest absolute Gasteiger partial charge is 0.377 e. The van der Waals surface area contributed by atoms with Gasteiger partial charge in [0.25, 0.3) is 0 Å². The first-order valence-electron chi connectivity index (χ1n) is 5.94. The zero-order valence-electron chi connectivity index (χ0n) is 10.8. The minimum atomic E-state index is -4.63. The van der Waals surface area contributed by atoms with E-state index in [2.05, 4.69) is 46.4 Å². The number of carbonyl (C=O) groups excluding carboxylic acids is 1. The fourth-order valence-electron chi connectivity index (χ4n) is 1.64. The molecule has 1 fully saturated rings. The summed E-state index contributed by atoms with van der Waals surface area (Å²) >= 11 is 0. The van der Waals surface area contributed by atoms with E-state index in [1.54, 1.807) is 0 Å². The molecule has 0 saturated carbocycles. The highest BCUT2D eigenvalue weighted by Crippen LogP contribution is 2.12. The number of nitrogens with zero attached hydrogens (tertiary/aromatic N) is 1. The average Bonchev–Trinajstić information content (AvgIpc) is 2.48. The molecule has 0 radical (unpaired) electrons. The molecule has 0 aliphatic carbocycles. The van der Waals surface area contributed by atoms with Crippen molar-refractivity contribution in [2.24, 2.45) is 5.84 Å². The number of piperazine rings is 1. The SMILES string of the molecule is NNC(=O)S(=O)(=O)O.c1ccc(N2CCNCC2)cc1. The van der Waals surface area contributed by atoms with E-state index in [1.807, 2.05) is 0 Å². The summed E-state index contributed by atoms with van der Waals surface area (Å²) in [5, 5.41) is 1.73. The lowest BCUT2D eigenvalue weighted by Crippen LogP contribution is -2.43. The lowest BCUT2D eigenvalue weighted by atomic mass is 10.2. The van der Waals surface area contributed by atoms with Crippen LogP contribution in [0.15, 0.2) is 30.3 Å². The van der Waals surface area contributed by atoms with Crippen LogP contribution in [0.5, 0.6) is 0 Å². The molecule has 9 heteroatoms. The highest BCUT2D eigenvalue weighted by Gasteiger charge is 2.14. The van der Waals surface area contributed by atoms with Gasteiger partial charge in [0.1, 0.15) is 0 Å². The molecular formula is C11H18N4O4S. The number of rotatable bonds is 1. The zero-order valence-corrected chi connectivity index (χ0v) is 11.6. The molecule has 1 aromatic rings. The van der Waals surface area contributed by atoms with E-state index < -0.39 is 15.4 Å². The second kappa shape index (κ2) is 7.80. The maximum absolute atomic E-state index is 9.76. The van der Waals surface area contributed by atoms with Gasteiger partial charge >= 0.3 is 15.4 Å². The quantitative estimate of drug-likeness (QED) is 0.240. The molecule has 1 aliphatic rings. The molecule has 8 nitrogen and oxygen atoms in total. The van der Waals surface area contributed by atoms with Gasteiger partial charge < -0.3 is 10.2 Å². The number of amides is 1. The molecule has 0 aromatic heterocycles. The molecular weight excluding hydrogens is 284 g/mol. The monoisotopic (exact) mass is 302 g/mol. The van der Waals surface area contributed by atoms with Crippen molar-refractivity contribution >= 4 is 21.0 Å². The highest BCUT2D eigenvalue weighted by atomic mass is 32.2. The lowest BCUT2D eigenvalue weighted by Gasteiger charge is -2.29. The van der Waals surface area contributed by atoms with Gasteiger partial charge in [0.05, 0.1) is 0 Å². The molecule has 1 amide bonds. The van der Waals surface area contributed by atoms with Gasteiger partial charge in [-0.25, -0.2) is 5.84 Å². The van der Waals surface area contributed by atoms with Crippen LogP contribution in [0.25, 0.3) is 0 Å². The van der Waals surface area contributed by atoms with Crippen molar-refractivity contribution in [3.8, 4) is 0 Å². The number of para-hydroxylation sites is 1. The number of nitrogens with one attached hydrogen (secondary N) is 2. The Bertz CT molecular complexity index is 514. The van der Waals surface area contributed by atoms with Crippen molar-refractivity contribution in [1.29, 1.82) is 0 Å². The third-order valence-corrected chi connectivity index (χ3v) is 3.18. The Labute approximate surface area is 117 Å². The number of hydrazine groups is 1. The average molecular weight is 302 g/mol. The van der Waals surface area contributed by atoms with Gasteiger partial charge in [-0.05, 0) is 12.1 Å². The summed E-state index contributed by atoms with van der Waals surface area (Å²) in [7, 11) is -4.63. The Kier molecular flexibility index (Phi) is 6.39. The first-order valence-corrected chi connectivity index (χ1v) is 7.38. The van der Waals surface area contributed by atoms with Gasteiger partial charge in [-0.3, -0.25) is 14.8 Å². The van der Waals surface area contributed by atoms with Gasteiger partial charge in [0.2, 0.25) is 0 Å². The van der Waals surface area contributed by atoms with Gasteiger partial charge in [0, 0.05) is 31.9 Å². The Morgan fingerprint density at radius 2 is 1.80 bits per heavy atom. The molecule has 1 aliphatic heterocycles. The van der Waals surface area contributed by atoms with Crippen molar-refractivity contribution in [3.05, 3.63) is 30.3 Å². The topological polar surface area (TPSA) is 125 Å². The summed E-state index contributed by atoms with van der Waals surface area (Å²) in [6.45, 7) is 4.47. The summed E-state index contributed by atoms with van der Waals surface area (Å²) < 4.78 is 27.0. The van der Waals surface area contributed by atoms with Crippen LogP contribution in [0.3, 0.4) is 0 Å². The summed E-state index contributed by atoms with van der Waals surface area (Å²) in [6, 6.07) is 10.6. The summed E-state index contributed by atoms with van der Waals surface area (Å²) in [5.74, 6) is 4.32. The molecule has 1 saturated heterocycles. The number of anilines is 1. The molecule has 2 rings (SSSR count). The Balaban J connectivity index is 0.000000221. The Morgan fingerprint density at radius 3 is 2.20 bits per heavy atom. The van der Waals surface area contributed by atoms with E-state index >= 15 is 0 Å². The van der Waals surface area contributed by atoms with Gasteiger partial charge in [-0.15, -0.1) is 0 Å². The smallest absolute Gasteiger partial charge is 0.369 e. The second-order valence-corrected chi connectivity index (χ2v) is 5.30. The fraction of sp³-hybridized carbons (Fsp3) is 0.364. The predicted molar refractivity (Wildman–Crippen MR) is 75.8 cm³/mol. The van der Waals surface area contributed by atoms with Crippen molar-refractivity contribution < 1.29 is 17.8 Å². The molecule has 20 heavy (non-hydrogen) atoms. The van der Waals surface area contributed by atoms with E-state index in [0.29, 0.717) is 0 Å². The third kappa shape index (κ3) is 5.53. The number of benzene rings is 1. The van der Waals surface area contributed by atoms with Gasteiger partial charge in [-0.2, -0.15) is 8.42 Å². The van der Waals surface area contributed by atoms with Crippen LogP contribution in [-0.2, 0) is 10.1 Å². The van der Waals surface area contributed by atoms with E-state index in [4.69, 9.17) is 4.55 Å². The number of hydrogen-bond donors (Lipinski definition) is 4. The van der Waals surface area contributed by atoms with Crippen molar-refractivity contribution in [2.45, 2.75) is 0 Å². The molecule has 0 unspecified atom stereocenters. The molecule has 1 heterocycles. The predicted octanol–water partition coefficient (Wildman–Crippen LogP) is -0.446. The standard InChI is InChI=1S/C10H14N2.CH4N2O4S/c1-2-4-10(5-3-1)12-8-6-11-7-9-12;2-3-1(4)8(5,6)7/h1-5,11H,6-9H2;2H2,(H,3,4)(H,5,6,7). The molecule has 0 atom stereocenters. The van der Waals surface area contributed by atoms with Crippen LogP contribution in [0.1, 0.15) is 0 Å². The van der Waals surface area contributed by atoms with Crippen LogP contribution in [0, 0.1) is 0 Å². The van der Waals surface area contributed by atoms with Crippen molar-refractivity contribution in [2.75, 3.05) is 31.1 Å². The Hall–Kier alpha value is -1.68. The first kappa shape index (κ1) is 16.4. The summed E-state index contributed by atoms with van der Waals surface area (Å²) in [6.07, 6.45) is 0. The van der Waals surface area contributed by atoms with Crippen LogP contribution in [-0.4, -0.2) is 44.4 Å². The van der Waals surface area contributed by atoms with Gasteiger partial charge in [-0.1, -0.05) is 18.2 Å². The molecule has 0 spiro atoms. The molecule has 112 valence electrons. The number of hydrogen-bond acceptors (Lipinski definition) is 6. The first-order chi connectivity index (χ1) is 9.45. The maximum atomic E-state index is 9.76. The molecule has 5 N–H and O–H groups in total. The van der Waals surface area contributed by atoms with Crippen LogP contribution >= 0.6 is 0 Å². The minimum Gasteiger partial charge on any atom is -0.369 e. The summed E-state index contributed by atoms with van der Waals surface area (Å²) in [4.78, 5) is 12.2. The van der Waals surface area contributed by atoms with Crippen molar-refractivity contribution in [3.63, 3.8) is 0 Å². The van der Waals surface area contributed by atoms with E-state index in [-0.39, 0.29) is 0 Å². The third-order valence-electron chi connectivity index (χ3n) is 2.59. The van der Waals surface area contributed by atoms with E-state index in [9.17, 15) is 13.2 Å². The highest BCUT2D eigenvalue weighted by molar-refractivity contribution is 8.01. The van der Waals surface area contributed by atoms with Crippen LogP contribution in [0.2, 0.25) is 0 Å². The molecule has 1 aromatic carbocycles. The molecule has 0 bridgehead atoms. The Morgan fingerprint density at radius 1 is 1.25 bits per heavy atom. The van der Waals surface area contributed by atoms with E-state index in [0.717, 1.165) is 26.2 Å². The zero-order chi connectivity index (χ0) is 15.0. The van der Waals surface area contributed by atoms with Gasteiger partial charge in [0.15, 0.2) is 0 Å². The van der Waals surface area contributed by atoms with Crippen LogP contribution in [0.4, 0.5) is 10.5 Å². The van der Waals surface area contributed by atoms with E-state index in [1.165, 1.54) is 11.1 Å². The lowest BCUT2D eigenvalue weighted by molar-refractivity contribution is 0.256. The van der Waals surface area contributed by atoms with Crippen molar-refractivity contribution in [1.82, 2.24) is 10.7 Å². The maximum Gasteiger partial charge on any atom is 0.377 e. The summed E-state index contributed by atoms with van der Waals surface area (Å²) in [5.41, 5.74) is 2.57. The fourth-order valence-corrected chi connectivity index (χ4v) is 1.79. The number of nitrogens with two attached hydrogens (primary N) is 1. The minimum absolute atomic E-state index is 1.11. The second-order valence-electron chi connectivity index (χ2n) is 3.98. The normalized spacial score (nSPS) is 15.0. The number of carbonyl (C=O) groups is 1. The van der Waals surface area contributed by atoms with Crippen LogP contribution < -0.4 is 21.5 Å².